The Morgan fingerprint density at radius 2 is 1.90 bits per heavy atom. The van der Waals surface area contributed by atoms with E-state index in [9.17, 15) is 9.90 Å². The number of allylic oxidation sites excluding steroid dienone is 2. The fourth-order valence-corrected chi connectivity index (χ4v) is 1.92. The number of hydrogen-bond donors (Lipinski definition) is 3. The van der Waals surface area contributed by atoms with Gasteiger partial charge in [-0.3, -0.25) is 9.79 Å². The first-order chi connectivity index (χ1) is 9.97. The molecule has 0 saturated heterocycles. The first-order valence-electron chi connectivity index (χ1n) is 6.46. The summed E-state index contributed by atoms with van der Waals surface area (Å²) in [6, 6.07) is 6.10. The van der Waals surface area contributed by atoms with Crippen molar-refractivity contribution in [3.8, 4) is 5.75 Å². The molecule has 21 heavy (non-hydrogen) atoms. The molecule has 1 aromatic carbocycles. The van der Waals surface area contributed by atoms with Crippen molar-refractivity contribution in [1.82, 2.24) is 0 Å². The number of hydrogen-bond acceptors (Lipinski definition) is 3. The number of aliphatic imine (C=N–C) groups is 1. The molecule has 5 nitrogen and oxygen atoms in total. The molecule has 0 aromatic heterocycles. The topological polar surface area (TPSA) is 102 Å². The number of phenols is 1. The molecule has 1 atom stereocenters. The van der Waals surface area contributed by atoms with Crippen LogP contribution in [0.5, 0.6) is 5.75 Å². The molecule has 1 aromatic rings. The molecule has 0 aliphatic heterocycles. The van der Waals surface area contributed by atoms with Gasteiger partial charge in [0.2, 0.25) is 5.91 Å². The Labute approximate surface area is 123 Å². The van der Waals surface area contributed by atoms with E-state index in [0.29, 0.717) is 17.0 Å². The third kappa shape index (κ3) is 3.60. The van der Waals surface area contributed by atoms with Gasteiger partial charge in [-0.15, -0.1) is 0 Å². The zero-order valence-electron chi connectivity index (χ0n) is 11.7. The second-order valence-electron chi connectivity index (χ2n) is 4.76. The summed E-state index contributed by atoms with van der Waals surface area (Å²) in [5.41, 5.74) is 13.3. The van der Waals surface area contributed by atoms with Crippen LogP contribution < -0.4 is 11.5 Å². The molecule has 0 bridgehead atoms. The van der Waals surface area contributed by atoms with E-state index in [4.69, 9.17) is 11.5 Å². The van der Waals surface area contributed by atoms with Crippen LogP contribution >= 0.6 is 0 Å². The number of phenolic OH excluding ortho intramolecular Hbond substituents is 1. The first kappa shape index (κ1) is 14.6. The van der Waals surface area contributed by atoms with E-state index >= 15 is 0 Å². The highest BCUT2D eigenvalue weighted by Crippen LogP contribution is 2.17. The second-order valence-corrected chi connectivity index (χ2v) is 4.76. The summed E-state index contributed by atoms with van der Waals surface area (Å²) in [4.78, 5) is 15.8. The van der Waals surface area contributed by atoms with Crippen LogP contribution in [0, 0.1) is 0 Å². The Hall–Kier alpha value is -2.82. The smallest absolute Gasteiger partial charge is 0.248 e. The van der Waals surface area contributed by atoms with Crippen LogP contribution in [-0.2, 0) is 4.79 Å². The lowest BCUT2D eigenvalue weighted by molar-refractivity contribution is -0.114. The number of carbonyl (C=O) groups excluding carboxylic acids is 1. The largest absolute Gasteiger partial charge is 0.508 e. The summed E-state index contributed by atoms with van der Waals surface area (Å²) in [6.07, 6.45) is 6.96. The van der Waals surface area contributed by atoms with Gasteiger partial charge in [0.15, 0.2) is 0 Å². The zero-order valence-corrected chi connectivity index (χ0v) is 11.7. The van der Waals surface area contributed by atoms with Crippen LogP contribution in [0.1, 0.15) is 12.5 Å². The molecule has 1 aliphatic carbocycles. The van der Waals surface area contributed by atoms with Crippen LogP contribution in [0.2, 0.25) is 0 Å². The second kappa shape index (κ2) is 6.09. The molecule has 1 amide bonds. The van der Waals surface area contributed by atoms with Gasteiger partial charge in [-0.2, -0.15) is 0 Å². The van der Waals surface area contributed by atoms with E-state index < -0.39 is 5.91 Å². The van der Waals surface area contributed by atoms with Crippen molar-refractivity contribution in [2.75, 3.05) is 0 Å². The number of nitrogens with zero attached hydrogens (tertiary/aromatic N) is 1. The van der Waals surface area contributed by atoms with E-state index in [0.717, 1.165) is 5.57 Å². The van der Waals surface area contributed by atoms with Gasteiger partial charge in [0, 0.05) is 11.1 Å². The molecule has 0 spiro atoms. The highest BCUT2D eigenvalue weighted by molar-refractivity contribution is 5.98. The molecule has 5 heteroatoms. The Bertz CT molecular complexity index is 667. The molecular weight excluding hydrogens is 266 g/mol. The van der Waals surface area contributed by atoms with Crippen LogP contribution in [-0.4, -0.2) is 22.9 Å². The minimum absolute atomic E-state index is 0.164. The predicted octanol–water partition coefficient (Wildman–Crippen LogP) is 1.39. The average molecular weight is 283 g/mol. The third-order valence-corrected chi connectivity index (χ3v) is 3.16. The van der Waals surface area contributed by atoms with Gasteiger partial charge in [0.25, 0.3) is 0 Å². The molecule has 5 N–H and O–H groups in total. The van der Waals surface area contributed by atoms with Crippen molar-refractivity contribution < 1.29 is 9.90 Å². The number of benzene rings is 1. The molecule has 108 valence electrons. The summed E-state index contributed by atoms with van der Waals surface area (Å²) in [5.74, 6) is -0.00956. The van der Waals surface area contributed by atoms with Gasteiger partial charge in [0.1, 0.15) is 11.6 Å². The summed E-state index contributed by atoms with van der Waals surface area (Å²) in [5, 5.41) is 9.28. The Morgan fingerprint density at radius 3 is 2.52 bits per heavy atom. The van der Waals surface area contributed by atoms with E-state index in [1.165, 1.54) is 0 Å². The number of primary amides is 1. The van der Waals surface area contributed by atoms with Crippen LogP contribution in [0.15, 0.2) is 64.7 Å². The number of aromatic hydroxyl groups is 1. The number of rotatable bonds is 3. The van der Waals surface area contributed by atoms with Gasteiger partial charge < -0.3 is 16.6 Å². The van der Waals surface area contributed by atoms with Crippen molar-refractivity contribution in [3.05, 3.63) is 65.3 Å². The fraction of sp³-hybridized carbons (Fsp3) is 0.125. The quantitative estimate of drug-likeness (QED) is 0.577. The summed E-state index contributed by atoms with van der Waals surface area (Å²) in [7, 11) is 0. The molecule has 0 heterocycles. The van der Waals surface area contributed by atoms with Gasteiger partial charge in [-0.05, 0) is 48.9 Å². The van der Waals surface area contributed by atoms with Crippen molar-refractivity contribution >= 4 is 11.7 Å². The first-order valence-corrected chi connectivity index (χ1v) is 6.46. The normalized spacial score (nSPS) is 18.7. The molecular formula is C16H17N3O2. The van der Waals surface area contributed by atoms with Gasteiger partial charge in [-0.1, -0.05) is 12.2 Å². The van der Waals surface area contributed by atoms with E-state index in [-0.39, 0.29) is 11.8 Å². The third-order valence-electron chi connectivity index (χ3n) is 3.16. The maximum absolute atomic E-state index is 11.3. The van der Waals surface area contributed by atoms with Crippen molar-refractivity contribution in [2.45, 2.75) is 13.0 Å². The Morgan fingerprint density at radius 1 is 1.24 bits per heavy atom. The average Bonchev–Trinajstić information content (AvgIpc) is 2.62. The molecule has 1 aliphatic rings. The predicted molar refractivity (Wildman–Crippen MR) is 82.8 cm³/mol. The lowest BCUT2D eigenvalue weighted by Gasteiger charge is -2.10. The highest BCUT2D eigenvalue weighted by atomic mass is 16.3. The van der Waals surface area contributed by atoms with Gasteiger partial charge >= 0.3 is 0 Å². The summed E-state index contributed by atoms with van der Waals surface area (Å²) >= 11 is 0. The van der Waals surface area contributed by atoms with E-state index in [2.05, 4.69) is 4.99 Å². The lowest BCUT2D eigenvalue weighted by Crippen LogP contribution is -2.19. The highest BCUT2D eigenvalue weighted by Gasteiger charge is 2.13. The molecule has 1 unspecified atom stereocenters. The standard InChI is InChI=1S/C16H17N3O2/c1-10-3-2-4-12(16(18)21)9-14(10)19-15(17)11-5-7-13(20)8-6-11/h2-9,14,20H,1H3,(H2,17,19)(H2,18,21). The van der Waals surface area contributed by atoms with Gasteiger partial charge in [0.05, 0.1) is 6.04 Å². The number of amidine groups is 1. The lowest BCUT2D eigenvalue weighted by atomic mass is 10.1. The number of carbonyl (C=O) groups is 1. The monoisotopic (exact) mass is 283 g/mol. The van der Waals surface area contributed by atoms with Crippen LogP contribution in [0.25, 0.3) is 0 Å². The maximum atomic E-state index is 11.3. The number of nitrogens with two attached hydrogens (primary N) is 2. The Balaban J connectivity index is 2.34. The van der Waals surface area contributed by atoms with Crippen LogP contribution in [0.3, 0.4) is 0 Å². The SMILES string of the molecule is CC1=CC=CC(C(N)=O)=CC1N=C(N)c1ccc(O)cc1. The molecule has 0 fully saturated rings. The molecule has 2 rings (SSSR count). The van der Waals surface area contributed by atoms with Crippen LogP contribution in [0.4, 0.5) is 0 Å². The summed E-state index contributed by atoms with van der Waals surface area (Å²) in [6.45, 7) is 1.91. The number of amides is 1. The molecule has 0 radical (unpaired) electrons. The minimum Gasteiger partial charge on any atom is -0.508 e. The maximum Gasteiger partial charge on any atom is 0.248 e. The zero-order chi connectivity index (χ0) is 15.4. The van der Waals surface area contributed by atoms with Crippen molar-refractivity contribution in [2.24, 2.45) is 16.5 Å². The minimum atomic E-state index is -0.502. The Kier molecular flexibility index (Phi) is 4.23. The summed E-state index contributed by atoms with van der Waals surface area (Å²) < 4.78 is 0. The molecule has 0 saturated carbocycles. The van der Waals surface area contributed by atoms with Crippen molar-refractivity contribution in [1.29, 1.82) is 0 Å². The van der Waals surface area contributed by atoms with E-state index in [1.54, 1.807) is 42.5 Å². The van der Waals surface area contributed by atoms with Gasteiger partial charge in [-0.25, -0.2) is 0 Å². The fourth-order valence-electron chi connectivity index (χ4n) is 1.92. The van der Waals surface area contributed by atoms with E-state index in [1.807, 2.05) is 13.0 Å². The van der Waals surface area contributed by atoms with Crippen molar-refractivity contribution in [3.63, 3.8) is 0 Å².